The summed E-state index contributed by atoms with van der Waals surface area (Å²) < 4.78 is 6.50. The first-order valence-electron chi connectivity index (χ1n) is 6.66. The van der Waals surface area contributed by atoms with Gasteiger partial charge in [0.05, 0.1) is 12.2 Å². The number of rotatable bonds is 5. The number of thiophene rings is 1. The smallest absolute Gasteiger partial charge is 0.341 e. The molecule has 0 bridgehead atoms. The van der Waals surface area contributed by atoms with E-state index in [1.165, 1.54) is 16.0 Å². The van der Waals surface area contributed by atoms with Crippen molar-refractivity contribution in [2.45, 2.75) is 20.3 Å². The quantitative estimate of drug-likeness (QED) is 0.861. The number of hydrogen-bond donors (Lipinski definition) is 1. The number of aryl methyl sites for hydroxylation is 2. The minimum atomic E-state index is -0.422. The van der Waals surface area contributed by atoms with Gasteiger partial charge in [-0.05, 0) is 25.5 Å². The lowest BCUT2D eigenvalue weighted by Gasteiger charge is -2.06. The molecule has 2 aromatic rings. The summed E-state index contributed by atoms with van der Waals surface area (Å²) in [6.45, 7) is 4.04. The average molecular weight is 307 g/mol. The van der Waals surface area contributed by atoms with Crippen molar-refractivity contribution >= 4 is 28.2 Å². The fourth-order valence-electron chi connectivity index (χ4n) is 1.83. The lowest BCUT2D eigenvalue weighted by atomic mass is 10.2. The van der Waals surface area contributed by atoms with E-state index in [0.29, 0.717) is 22.9 Å². The first-order valence-corrected chi connectivity index (χ1v) is 7.47. The molecule has 0 unspecified atom stereocenters. The third-order valence-electron chi connectivity index (χ3n) is 2.91. The number of aromatic nitrogens is 2. The van der Waals surface area contributed by atoms with Crippen molar-refractivity contribution in [3.63, 3.8) is 0 Å². The number of carbonyl (C=O) groups excluding carboxylic acids is 2. The summed E-state index contributed by atoms with van der Waals surface area (Å²) in [4.78, 5) is 25.2. The van der Waals surface area contributed by atoms with Crippen molar-refractivity contribution in [3.05, 3.63) is 34.5 Å². The molecule has 2 rings (SSSR count). The molecule has 0 radical (unpaired) electrons. The molecule has 0 atom stereocenters. The Kier molecular flexibility index (Phi) is 4.74. The maximum Gasteiger partial charge on any atom is 0.341 e. The van der Waals surface area contributed by atoms with Crippen LogP contribution in [0.3, 0.4) is 0 Å². The molecule has 0 aromatic carbocycles. The van der Waals surface area contributed by atoms with E-state index in [4.69, 9.17) is 4.74 Å². The molecule has 6 nitrogen and oxygen atoms in total. The van der Waals surface area contributed by atoms with Crippen molar-refractivity contribution in [2.75, 3.05) is 11.9 Å². The zero-order valence-corrected chi connectivity index (χ0v) is 13.0. The Hall–Kier alpha value is -2.15. The molecule has 0 aliphatic rings. The van der Waals surface area contributed by atoms with Gasteiger partial charge >= 0.3 is 5.97 Å². The van der Waals surface area contributed by atoms with E-state index >= 15 is 0 Å². The standard InChI is InChI=1S/C14H17N3O3S/c1-4-9-8-10(14(19)20-5-2)13(21-9)16-12(18)11-6-7-15-17(11)3/h6-8H,4-5H2,1-3H3,(H,16,18). The normalized spacial score (nSPS) is 10.4. The Morgan fingerprint density at radius 1 is 1.43 bits per heavy atom. The highest BCUT2D eigenvalue weighted by Crippen LogP contribution is 2.29. The molecule has 0 fully saturated rings. The summed E-state index contributed by atoms with van der Waals surface area (Å²) in [5, 5.41) is 7.23. The van der Waals surface area contributed by atoms with Crippen LogP contribution in [0.15, 0.2) is 18.3 Å². The summed E-state index contributed by atoms with van der Waals surface area (Å²) in [7, 11) is 1.69. The number of esters is 1. The number of amides is 1. The lowest BCUT2D eigenvalue weighted by molar-refractivity contribution is 0.0528. The number of hydrogen-bond acceptors (Lipinski definition) is 5. The van der Waals surface area contributed by atoms with E-state index < -0.39 is 5.97 Å². The van der Waals surface area contributed by atoms with Gasteiger partial charge in [0.1, 0.15) is 10.7 Å². The monoisotopic (exact) mass is 307 g/mol. The summed E-state index contributed by atoms with van der Waals surface area (Å²) in [5.41, 5.74) is 0.825. The average Bonchev–Trinajstić information content (AvgIpc) is 3.05. The van der Waals surface area contributed by atoms with E-state index in [2.05, 4.69) is 10.4 Å². The zero-order valence-electron chi connectivity index (χ0n) is 12.2. The van der Waals surface area contributed by atoms with Gasteiger partial charge in [0.25, 0.3) is 5.91 Å². The van der Waals surface area contributed by atoms with Gasteiger partial charge in [-0.2, -0.15) is 5.10 Å². The van der Waals surface area contributed by atoms with Gasteiger partial charge in [-0.3, -0.25) is 9.48 Å². The Morgan fingerprint density at radius 3 is 2.76 bits per heavy atom. The Balaban J connectivity index is 2.26. The minimum absolute atomic E-state index is 0.297. The predicted molar refractivity (Wildman–Crippen MR) is 80.8 cm³/mol. The molecule has 0 saturated heterocycles. The number of anilines is 1. The van der Waals surface area contributed by atoms with Crippen LogP contribution < -0.4 is 5.32 Å². The van der Waals surface area contributed by atoms with E-state index in [0.717, 1.165) is 11.3 Å². The molecular weight excluding hydrogens is 290 g/mol. The molecule has 0 saturated carbocycles. The van der Waals surface area contributed by atoms with E-state index in [1.807, 2.05) is 6.92 Å². The van der Waals surface area contributed by atoms with Crippen LogP contribution in [-0.4, -0.2) is 28.3 Å². The van der Waals surface area contributed by atoms with Gasteiger partial charge in [-0.25, -0.2) is 4.79 Å². The van der Waals surface area contributed by atoms with Crippen LogP contribution in [0, 0.1) is 0 Å². The number of nitrogens with one attached hydrogen (secondary N) is 1. The molecule has 1 N–H and O–H groups in total. The van der Waals surface area contributed by atoms with Crippen LogP contribution >= 0.6 is 11.3 Å². The minimum Gasteiger partial charge on any atom is -0.462 e. The predicted octanol–water partition coefficient (Wildman–Crippen LogP) is 2.47. The number of nitrogens with zero attached hydrogens (tertiary/aromatic N) is 2. The molecule has 7 heteroatoms. The van der Waals surface area contributed by atoms with Crippen LogP contribution in [0.5, 0.6) is 0 Å². The van der Waals surface area contributed by atoms with Gasteiger partial charge in [0.2, 0.25) is 0 Å². The zero-order chi connectivity index (χ0) is 15.4. The van der Waals surface area contributed by atoms with Gasteiger partial charge in [-0.15, -0.1) is 11.3 Å². The largest absolute Gasteiger partial charge is 0.462 e. The molecule has 0 aliphatic carbocycles. The van der Waals surface area contributed by atoms with Crippen molar-refractivity contribution in [1.29, 1.82) is 0 Å². The van der Waals surface area contributed by atoms with Gasteiger partial charge in [-0.1, -0.05) is 6.92 Å². The second-order valence-corrected chi connectivity index (χ2v) is 5.46. The van der Waals surface area contributed by atoms with Crippen LogP contribution in [0.1, 0.15) is 39.6 Å². The van der Waals surface area contributed by atoms with Crippen LogP contribution in [0.25, 0.3) is 0 Å². The lowest BCUT2D eigenvalue weighted by Crippen LogP contribution is -2.17. The van der Waals surface area contributed by atoms with Crippen LogP contribution in [0.4, 0.5) is 5.00 Å². The van der Waals surface area contributed by atoms with E-state index in [9.17, 15) is 9.59 Å². The number of ether oxygens (including phenoxy) is 1. The van der Waals surface area contributed by atoms with Crippen LogP contribution in [-0.2, 0) is 18.2 Å². The second kappa shape index (κ2) is 6.53. The Morgan fingerprint density at radius 2 is 2.19 bits per heavy atom. The SMILES string of the molecule is CCOC(=O)c1cc(CC)sc1NC(=O)c1ccnn1C. The van der Waals surface area contributed by atoms with Gasteiger partial charge in [0.15, 0.2) is 0 Å². The Labute approximate surface area is 126 Å². The van der Waals surface area contributed by atoms with Gasteiger partial charge < -0.3 is 10.1 Å². The fourth-order valence-corrected chi connectivity index (χ4v) is 2.81. The summed E-state index contributed by atoms with van der Waals surface area (Å²) in [6, 6.07) is 3.38. The molecule has 2 heterocycles. The molecular formula is C14H17N3O3S. The maximum absolute atomic E-state index is 12.2. The first-order chi connectivity index (χ1) is 10.1. The summed E-state index contributed by atoms with van der Waals surface area (Å²) >= 11 is 1.38. The molecule has 1 amide bonds. The molecule has 0 spiro atoms. The summed E-state index contributed by atoms with van der Waals surface area (Å²) in [6.07, 6.45) is 2.34. The van der Waals surface area contributed by atoms with Crippen molar-refractivity contribution < 1.29 is 14.3 Å². The first kappa shape index (κ1) is 15.2. The Bertz CT molecular complexity index is 660. The highest BCUT2D eigenvalue weighted by atomic mass is 32.1. The van der Waals surface area contributed by atoms with E-state index in [1.54, 1.807) is 32.3 Å². The second-order valence-electron chi connectivity index (χ2n) is 4.32. The van der Waals surface area contributed by atoms with E-state index in [-0.39, 0.29) is 5.91 Å². The number of carbonyl (C=O) groups is 2. The third kappa shape index (κ3) is 3.30. The molecule has 112 valence electrons. The molecule has 2 aromatic heterocycles. The van der Waals surface area contributed by atoms with Crippen LogP contribution in [0.2, 0.25) is 0 Å². The van der Waals surface area contributed by atoms with Gasteiger partial charge in [0, 0.05) is 18.1 Å². The highest BCUT2D eigenvalue weighted by Gasteiger charge is 2.20. The summed E-state index contributed by atoms with van der Waals surface area (Å²) in [5.74, 6) is -0.723. The molecule has 0 aliphatic heterocycles. The molecule has 21 heavy (non-hydrogen) atoms. The topological polar surface area (TPSA) is 73.2 Å². The van der Waals surface area contributed by atoms with Crippen molar-refractivity contribution in [3.8, 4) is 0 Å². The maximum atomic E-state index is 12.2. The fraction of sp³-hybridized carbons (Fsp3) is 0.357. The highest BCUT2D eigenvalue weighted by molar-refractivity contribution is 7.16. The van der Waals surface area contributed by atoms with Crippen molar-refractivity contribution in [2.24, 2.45) is 7.05 Å². The third-order valence-corrected chi connectivity index (χ3v) is 4.10. The van der Waals surface area contributed by atoms with Crippen molar-refractivity contribution in [1.82, 2.24) is 9.78 Å².